The Balaban J connectivity index is 0.00000211. The number of aliphatic carboxylic acids is 2. The first kappa shape index (κ1) is 42.6. The maximum Gasteiger partial charge on any atom is 2.00 e. The maximum absolute atomic E-state index is 13.3. The van der Waals surface area contributed by atoms with Crippen LogP contribution in [-0.4, -0.2) is 34.6 Å². The quantitative estimate of drug-likeness (QED) is 0.224. The normalized spacial score (nSPS) is 11.5. The Labute approximate surface area is 277 Å². The van der Waals surface area contributed by atoms with Gasteiger partial charge in [-0.1, -0.05) is 33.8 Å². The molecule has 1 radical (unpaired) electrons. The molecule has 0 unspecified atom stereocenters. The Morgan fingerprint density at radius 3 is 1.23 bits per heavy atom. The van der Waals surface area contributed by atoms with E-state index in [4.69, 9.17) is 19.8 Å². The Kier molecular flexibility index (Phi) is 16.4. The molecule has 47 heavy (non-hydrogen) atoms. The van der Waals surface area contributed by atoms with Crippen LogP contribution in [0.2, 0.25) is 0 Å². The number of phenols is 2. The molecular weight excluding hydrogens is 681 g/mol. The van der Waals surface area contributed by atoms with Crippen LogP contribution < -0.4 is 10.2 Å². The number of benzene rings is 3. The number of carboxylic acid groups (broad SMARTS) is 2. The molecule has 0 aliphatic heterocycles. The van der Waals surface area contributed by atoms with Gasteiger partial charge in [0.05, 0.1) is 22.5 Å². The van der Waals surface area contributed by atoms with Gasteiger partial charge in [0.15, 0.2) is 0 Å². The summed E-state index contributed by atoms with van der Waals surface area (Å²) in [6, 6.07) is 9.50. The zero-order valence-corrected chi connectivity index (χ0v) is 27.0. The van der Waals surface area contributed by atoms with Gasteiger partial charge in [-0.3, -0.25) is 9.98 Å². The third-order valence-corrected chi connectivity index (χ3v) is 5.77. The van der Waals surface area contributed by atoms with Gasteiger partial charge < -0.3 is 30.0 Å². The maximum atomic E-state index is 13.3. The minimum atomic E-state index is -4.61. The Morgan fingerprint density at radius 1 is 0.681 bits per heavy atom. The van der Waals surface area contributed by atoms with Crippen LogP contribution in [0.25, 0.3) is 0 Å². The Bertz CT molecular complexity index is 1460. The van der Waals surface area contributed by atoms with Crippen LogP contribution in [0.5, 0.6) is 11.5 Å². The molecule has 0 saturated heterocycles. The zero-order valence-electron chi connectivity index (χ0n) is 26.0. The first-order chi connectivity index (χ1) is 21.0. The molecule has 3 aromatic rings. The number of nitrogens with zero attached hydrogens (tertiary/aromatic N) is 2. The zero-order chi connectivity index (χ0) is 35.6. The van der Waals surface area contributed by atoms with Crippen molar-refractivity contribution in [3.8, 4) is 11.5 Å². The molecule has 0 bridgehead atoms. The van der Waals surface area contributed by atoms with Gasteiger partial charge in [0.1, 0.15) is 11.5 Å². The Morgan fingerprint density at radius 2 is 0.979 bits per heavy atom. The second-order valence-corrected chi connectivity index (χ2v) is 10.3. The molecule has 0 heterocycles. The molecule has 0 atom stereocenters. The fourth-order valence-corrected chi connectivity index (χ4v) is 3.71. The number of rotatable bonds is 6. The molecule has 15 heteroatoms. The van der Waals surface area contributed by atoms with Gasteiger partial charge in [-0.25, -0.2) is 0 Å². The average molecular weight is 714 g/mol. The van der Waals surface area contributed by atoms with Crippen LogP contribution in [0, 0.1) is 0 Å². The van der Waals surface area contributed by atoms with Gasteiger partial charge in [-0.05, 0) is 79.3 Å². The Hall–Kier alpha value is -4.37. The molecule has 0 fully saturated rings. The largest absolute Gasteiger partial charge is 2.00 e. The van der Waals surface area contributed by atoms with Gasteiger partial charge in [0.25, 0.3) is 0 Å². The van der Waals surface area contributed by atoms with Crippen molar-refractivity contribution in [2.45, 2.75) is 65.7 Å². The van der Waals surface area contributed by atoms with E-state index in [1.807, 2.05) is 0 Å². The van der Waals surface area contributed by atoms with E-state index in [9.17, 15) is 36.6 Å². The minimum Gasteiger partial charge on any atom is -0.550 e. The summed E-state index contributed by atoms with van der Waals surface area (Å²) in [5.74, 6) is -3.53. The molecule has 0 spiro atoms. The number of hydrogen-bond donors (Lipinski definition) is 2. The second kappa shape index (κ2) is 18.1. The van der Waals surface area contributed by atoms with Crippen molar-refractivity contribution in [1.82, 2.24) is 0 Å². The average Bonchev–Trinajstić information content (AvgIpc) is 2.90. The molecule has 3 aromatic carbocycles. The fourth-order valence-electron chi connectivity index (χ4n) is 3.71. The number of phenolic OH excluding ortho intramolecular Hbond substituents is 2. The van der Waals surface area contributed by atoms with E-state index >= 15 is 0 Å². The summed E-state index contributed by atoms with van der Waals surface area (Å²) in [4.78, 5) is 26.1. The van der Waals surface area contributed by atoms with E-state index in [0.29, 0.717) is 0 Å². The van der Waals surface area contributed by atoms with Crippen LogP contribution in [-0.2, 0) is 38.7 Å². The van der Waals surface area contributed by atoms with E-state index in [0.717, 1.165) is 50.5 Å². The van der Waals surface area contributed by atoms with Crippen LogP contribution >= 0.6 is 0 Å². The summed E-state index contributed by atoms with van der Waals surface area (Å²) >= 11 is 0. The van der Waals surface area contributed by atoms with E-state index < -0.39 is 35.4 Å². The molecular formula is C32H32CoF6N2O6. The minimum absolute atomic E-state index is 0. The standard InChI is InChI=1S/C28H26F6N2O2.2C2H4O2.Co/c1-15(2)23-10-19(27(29,30)31)8-17(25(23)37)13-35-21-6-5-7-22(12-21)36-14-18-9-20(28(32,33)34)11-24(16(3)4)26(18)38;2*1-2(3)4;/h5-16,37-38H,1-4H3;2*1H3,(H,3,4);/q;;;+2/p-2. The van der Waals surface area contributed by atoms with Gasteiger partial charge in [0, 0.05) is 35.5 Å². The number of aromatic hydroxyl groups is 2. The van der Waals surface area contributed by atoms with E-state index in [1.165, 1.54) is 6.07 Å². The summed E-state index contributed by atoms with van der Waals surface area (Å²) in [6.07, 6.45) is -7.02. The molecule has 0 aliphatic rings. The van der Waals surface area contributed by atoms with Crippen LogP contribution in [0.15, 0.2) is 58.5 Å². The van der Waals surface area contributed by atoms with Crippen molar-refractivity contribution in [3.05, 3.63) is 81.9 Å². The summed E-state index contributed by atoms with van der Waals surface area (Å²) in [7, 11) is 0. The molecule has 8 nitrogen and oxygen atoms in total. The third-order valence-electron chi connectivity index (χ3n) is 5.77. The number of aliphatic imine (C=N–C) groups is 2. The summed E-state index contributed by atoms with van der Waals surface area (Å²) < 4.78 is 80.1. The number of hydrogen-bond acceptors (Lipinski definition) is 8. The number of halogens is 6. The third kappa shape index (κ3) is 14.3. The number of carboxylic acids is 2. The topological polar surface area (TPSA) is 145 Å². The van der Waals surface area contributed by atoms with Gasteiger partial charge in [-0.15, -0.1) is 0 Å². The molecule has 2 N–H and O–H groups in total. The van der Waals surface area contributed by atoms with Crippen molar-refractivity contribution in [3.63, 3.8) is 0 Å². The van der Waals surface area contributed by atoms with E-state index in [1.54, 1.807) is 45.9 Å². The number of alkyl halides is 6. The van der Waals surface area contributed by atoms with Gasteiger partial charge >= 0.3 is 29.1 Å². The second-order valence-electron chi connectivity index (χ2n) is 10.3. The SMILES string of the molecule is CC(=O)[O-].CC(=O)[O-].CC(C)c1cc(C(F)(F)F)cc(C=Nc2cccc(N=Cc3cc(C(F)(F)F)cc(C(C)C)c3O)c2)c1O.[Co+2]. The number of carbonyl (C=O) groups excluding carboxylic acids is 2. The summed E-state index contributed by atoms with van der Waals surface area (Å²) in [5.41, 5.74) is -1.26. The summed E-state index contributed by atoms with van der Waals surface area (Å²) in [5, 5.41) is 38.7. The predicted molar refractivity (Wildman–Crippen MR) is 157 cm³/mol. The molecule has 3 rings (SSSR count). The van der Waals surface area contributed by atoms with Crippen molar-refractivity contribution in [2.75, 3.05) is 0 Å². The molecule has 0 aliphatic carbocycles. The molecule has 0 saturated carbocycles. The van der Waals surface area contributed by atoms with Crippen molar-refractivity contribution >= 4 is 35.7 Å². The van der Waals surface area contributed by atoms with Crippen LogP contribution in [0.4, 0.5) is 37.7 Å². The molecule has 0 aromatic heterocycles. The number of carbonyl (C=O) groups is 2. The van der Waals surface area contributed by atoms with Crippen LogP contribution in [0.1, 0.15) is 86.8 Å². The smallest absolute Gasteiger partial charge is 0.550 e. The van der Waals surface area contributed by atoms with Crippen molar-refractivity contribution in [2.24, 2.45) is 9.98 Å². The van der Waals surface area contributed by atoms with Crippen molar-refractivity contribution < 1.29 is 73.1 Å². The molecule has 0 amide bonds. The predicted octanol–water partition coefficient (Wildman–Crippen LogP) is 6.39. The summed E-state index contributed by atoms with van der Waals surface area (Å²) in [6.45, 7) is 8.57. The first-order valence-electron chi connectivity index (χ1n) is 13.5. The molecule has 257 valence electrons. The van der Waals surface area contributed by atoms with Crippen LogP contribution in [0.3, 0.4) is 0 Å². The fraction of sp³-hybridized carbons (Fsp3) is 0.312. The van der Waals surface area contributed by atoms with Gasteiger partial charge in [-0.2, -0.15) is 26.3 Å². The monoisotopic (exact) mass is 713 g/mol. The van der Waals surface area contributed by atoms with Gasteiger partial charge in [0.2, 0.25) is 0 Å². The van der Waals surface area contributed by atoms with Crippen molar-refractivity contribution in [1.29, 1.82) is 0 Å². The first-order valence-corrected chi connectivity index (χ1v) is 13.5. The van der Waals surface area contributed by atoms with E-state index in [-0.39, 0.29) is 73.7 Å². The van der Waals surface area contributed by atoms with E-state index in [2.05, 4.69) is 9.98 Å².